The SMILES string of the molecule is CC(C)N1CCC[C@@]2(CC1)OCc1ccccc12. The van der Waals surface area contributed by atoms with Crippen LogP contribution in [0.2, 0.25) is 0 Å². The van der Waals surface area contributed by atoms with E-state index in [4.69, 9.17) is 4.74 Å². The van der Waals surface area contributed by atoms with E-state index in [1.54, 1.807) is 0 Å². The van der Waals surface area contributed by atoms with Gasteiger partial charge in [-0.3, -0.25) is 0 Å². The molecule has 0 saturated carbocycles. The van der Waals surface area contributed by atoms with E-state index in [-0.39, 0.29) is 5.60 Å². The summed E-state index contributed by atoms with van der Waals surface area (Å²) in [4.78, 5) is 2.58. The van der Waals surface area contributed by atoms with Crippen LogP contribution in [0.25, 0.3) is 0 Å². The maximum atomic E-state index is 6.23. The first-order chi connectivity index (χ1) is 8.71. The fraction of sp³-hybridized carbons (Fsp3) is 0.625. The van der Waals surface area contributed by atoms with Crippen molar-refractivity contribution in [1.82, 2.24) is 4.90 Å². The summed E-state index contributed by atoms with van der Waals surface area (Å²) in [5.41, 5.74) is 2.87. The van der Waals surface area contributed by atoms with E-state index < -0.39 is 0 Å². The van der Waals surface area contributed by atoms with Crippen LogP contribution in [0.15, 0.2) is 24.3 Å². The highest BCUT2D eigenvalue weighted by atomic mass is 16.5. The molecule has 1 aromatic carbocycles. The summed E-state index contributed by atoms with van der Waals surface area (Å²) in [5, 5.41) is 0. The molecule has 0 radical (unpaired) electrons. The lowest BCUT2D eigenvalue weighted by Gasteiger charge is -2.29. The lowest BCUT2D eigenvalue weighted by Crippen LogP contribution is -2.33. The second-order valence-corrected chi connectivity index (χ2v) is 5.92. The minimum Gasteiger partial charge on any atom is -0.366 e. The van der Waals surface area contributed by atoms with Crippen molar-refractivity contribution in [2.75, 3.05) is 13.1 Å². The Bertz CT molecular complexity index is 429. The summed E-state index contributed by atoms with van der Waals surface area (Å²) in [6.07, 6.45) is 3.56. The van der Waals surface area contributed by atoms with Crippen LogP contribution in [0.4, 0.5) is 0 Å². The lowest BCUT2D eigenvalue weighted by atomic mass is 9.86. The molecule has 1 aromatic rings. The number of rotatable bonds is 1. The number of benzene rings is 1. The van der Waals surface area contributed by atoms with Crippen molar-refractivity contribution < 1.29 is 4.74 Å². The van der Waals surface area contributed by atoms with Crippen molar-refractivity contribution in [2.45, 2.75) is 51.4 Å². The van der Waals surface area contributed by atoms with Gasteiger partial charge in [0, 0.05) is 12.6 Å². The molecule has 98 valence electrons. The van der Waals surface area contributed by atoms with Crippen LogP contribution in [0.5, 0.6) is 0 Å². The Hall–Kier alpha value is -0.860. The van der Waals surface area contributed by atoms with Crippen LogP contribution >= 0.6 is 0 Å². The van der Waals surface area contributed by atoms with E-state index >= 15 is 0 Å². The summed E-state index contributed by atoms with van der Waals surface area (Å²) >= 11 is 0. The molecule has 2 heterocycles. The first-order valence-electron chi connectivity index (χ1n) is 7.18. The lowest BCUT2D eigenvalue weighted by molar-refractivity contribution is -0.0489. The zero-order valence-electron chi connectivity index (χ0n) is 11.5. The minimum absolute atomic E-state index is 0.0141. The molecule has 2 nitrogen and oxygen atoms in total. The third-order valence-corrected chi connectivity index (χ3v) is 4.57. The third-order valence-electron chi connectivity index (χ3n) is 4.57. The number of hydrogen-bond donors (Lipinski definition) is 0. The van der Waals surface area contributed by atoms with Gasteiger partial charge in [-0.25, -0.2) is 0 Å². The Morgan fingerprint density at radius 2 is 2.00 bits per heavy atom. The average molecular weight is 245 g/mol. The molecular formula is C16H23NO. The molecule has 1 saturated heterocycles. The predicted molar refractivity (Wildman–Crippen MR) is 73.5 cm³/mol. The summed E-state index contributed by atoms with van der Waals surface area (Å²) < 4.78 is 6.23. The summed E-state index contributed by atoms with van der Waals surface area (Å²) in [6, 6.07) is 9.41. The average Bonchev–Trinajstić information content (AvgIpc) is 2.58. The minimum atomic E-state index is 0.0141. The van der Waals surface area contributed by atoms with E-state index in [1.165, 1.54) is 30.5 Å². The molecule has 1 spiro atoms. The van der Waals surface area contributed by atoms with Crippen LogP contribution in [0, 0.1) is 0 Å². The number of hydrogen-bond acceptors (Lipinski definition) is 2. The van der Waals surface area contributed by atoms with Crippen molar-refractivity contribution in [3.05, 3.63) is 35.4 Å². The van der Waals surface area contributed by atoms with Gasteiger partial charge in [0.05, 0.1) is 12.2 Å². The van der Waals surface area contributed by atoms with Gasteiger partial charge >= 0.3 is 0 Å². The fourth-order valence-electron chi connectivity index (χ4n) is 3.44. The Balaban J connectivity index is 1.85. The quantitative estimate of drug-likeness (QED) is 0.752. The van der Waals surface area contributed by atoms with Gasteiger partial charge in [0.15, 0.2) is 0 Å². The summed E-state index contributed by atoms with van der Waals surface area (Å²) in [7, 11) is 0. The third kappa shape index (κ3) is 1.98. The Labute approximate surface area is 110 Å². The smallest absolute Gasteiger partial charge is 0.0952 e. The van der Waals surface area contributed by atoms with Crippen molar-refractivity contribution in [1.29, 1.82) is 0 Å². The first kappa shape index (κ1) is 12.2. The van der Waals surface area contributed by atoms with E-state index in [1.807, 2.05) is 0 Å². The molecule has 1 atom stereocenters. The molecule has 0 bridgehead atoms. The molecule has 0 unspecified atom stereocenters. The Morgan fingerprint density at radius 3 is 2.83 bits per heavy atom. The molecule has 2 heteroatoms. The van der Waals surface area contributed by atoms with Crippen molar-refractivity contribution in [2.24, 2.45) is 0 Å². The van der Waals surface area contributed by atoms with Gasteiger partial charge in [-0.15, -0.1) is 0 Å². The second kappa shape index (κ2) is 4.67. The Morgan fingerprint density at radius 1 is 1.17 bits per heavy atom. The highest BCUT2D eigenvalue weighted by molar-refractivity contribution is 5.35. The summed E-state index contributed by atoms with van der Waals surface area (Å²) in [5.74, 6) is 0. The van der Waals surface area contributed by atoms with Crippen molar-refractivity contribution in [3.63, 3.8) is 0 Å². The van der Waals surface area contributed by atoms with Crippen molar-refractivity contribution >= 4 is 0 Å². The fourth-order valence-corrected chi connectivity index (χ4v) is 3.44. The maximum Gasteiger partial charge on any atom is 0.0952 e. The number of likely N-dealkylation sites (tertiary alicyclic amines) is 1. The second-order valence-electron chi connectivity index (χ2n) is 5.92. The van der Waals surface area contributed by atoms with E-state index in [2.05, 4.69) is 43.0 Å². The zero-order chi connectivity index (χ0) is 12.6. The largest absolute Gasteiger partial charge is 0.366 e. The first-order valence-corrected chi connectivity index (χ1v) is 7.18. The van der Waals surface area contributed by atoms with E-state index in [0.29, 0.717) is 6.04 Å². The highest BCUT2D eigenvalue weighted by Gasteiger charge is 2.40. The number of nitrogens with zero attached hydrogens (tertiary/aromatic N) is 1. The van der Waals surface area contributed by atoms with Crippen LogP contribution < -0.4 is 0 Å². The van der Waals surface area contributed by atoms with Crippen LogP contribution in [-0.2, 0) is 16.9 Å². The maximum absolute atomic E-state index is 6.23. The van der Waals surface area contributed by atoms with Gasteiger partial charge in [-0.2, -0.15) is 0 Å². The molecule has 3 rings (SSSR count). The molecule has 0 amide bonds. The van der Waals surface area contributed by atoms with Gasteiger partial charge < -0.3 is 9.64 Å². The number of ether oxygens (including phenoxy) is 1. The van der Waals surface area contributed by atoms with Gasteiger partial charge in [-0.1, -0.05) is 24.3 Å². The standard InChI is InChI=1S/C16H23NO/c1-13(2)17-10-5-8-16(9-11-17)15-7-4-3-6-14(15)12-18-16/h3-4,6-7,13H,5,8-12H2,1-2H3/t16-/m0/s1. The molecule has 2 aliphatic heterocycles. The molecular weight excluding hydrogens is 222 g/mol. The summed E-state index contributed by atoms with van der Waals surface area (Å²) in [6.45, 7) is 7.76. The Kier molecular flexibility index (Phi) is 3.16. The molecule has 1 fully saturated rings. The molecule has 0 N–H and O–H groups in total. The molecule has 2 aliphatic rings. The molecule has 0 aromatic heterocycles. The van der Waals surface area contributed by atoms with Crippen LogP contribution in [-0.4, -0.2) is 24.0 Å². The van der Waals surface area contributed by atoms with Gasteiger partial charge in [0.2, 0.25) is 0 Å². The van der Waals surface area contributed by atoms with Crippen molar-refractivity contribution in [3.8, 4) is 0 Å². The molecule has 18 heavy (non-hydrogen) atoms. The van der Waals surface area contributed by atoms with Gasteiger partial charge in [0.25, 0.3) is 0 Å². The highest BCUT2D eigenvalue weighted by Crippen LogP contribution is 2.44. The molecule has 0 aliphatic carbocycles. The predicted octanol–water partition coefficient (Wildman–Crippen LogP) is 3.31. The zero-order valence-corrected chi connectivity index (χ0v) is 11.5. The van der Waals surface area contributed by atoms with Crippen LogP contribution in [0.3, 0.4) is 0 Å². The normalized spacial score (nSPS) is 28.6. The number of fused-ring (bicyclic) bond motifs is 2. The van der Waals surface area contributed by atoms with E-state index in [9.17, 15) is 0 Å². The topological polar surface area (TPSA) is 12.5 Å². The van der Waals surface area contributed by atoms with Crippen LogP contribution in [0.1, 0.15) is 44.2 Å². The van der Waals surface area contributed by atoms with Gasteiger partial charge in [0.1, 0.15) is 0 Å². The monoisotopic (exact) mass is 245 g/mol. The van der Waals surface area contributed by atoms with Gasteiger partial charge in [-0.05, 0) is 50.8 Å². The van der Waals surface area contributed by atoms with E-state index in [0.717, 1.165) is 19.6 Å².